The second kappa shape index (κ2) is 9.41. The summed E-state index contributed by atoms with van der Waals surface area (Å²) in [7, 11) is 0. The van der Waals surface area contributed by atoms with E-state index >= 15 is 0 Å². The average Bonchev–Trinajstić information content (AvgIpc) is 3.32. The Labute approximate surface area is 195 Å². The van der Waals surface area contributed by atoms with Crippen molar-refractivity contribution in [3.05, 3.63) is 35.0 Å². The fourth-order valence-corrected chi connectivity index (χ4v) is 5.56. The molecule has 180 valence electrons. The number of carbonyl (C=O) groups is 1. The zero-order chi connectivity index (χ0) is 23.6. The number of hydrogen-bond acceptors (Lipinski definition) is 5. The van der Waals surface area contributed by atoms with Gasteiger partial charge in [-0.3, -0.25) is 14.7 Å². The molecule has 2 N–H and O–H groups in total. The Balaban J connectivity index is 1.45. The molecule has 1 saturated carbocycles. The SMILES string of the molecule is C[C@H](CC1CCCCC1)C(=O)N1CCC(O)(Cn2cc(-c3ccn[nH]3)ncc2=O)C(C)(C)C1. The second-order valence-corrected chi connectivity index (χ2v) is 10.8. The van der Waals surface area contributed by atoms with Gasteiger partial charge in [0.25, 0.3) is 5.56 Å². The van der Waals surface area contributed by atoms with Gasteiger partial charge < -0.3 is 14.6 Å². The molecule has 2 aromatic rings. The molecule has 1 saturated heterocycles. The fraction of sp³-hybridized carbons (Fsp3) is 0.680. The summed E-state index contributed by atoms with van der Waals surface area (Å²) in [5.41, 5.74) is -0.642. The van der Waals surface area contributed by atoms with Gasteiger partial charge in [0, 0.05) is 36.8 Å². The van der Waals surface area contributed by atoms with Crippen molar-refractivity contribution in [2.24, 2.45) is 17.3 Å². The summed E-state index contributed by atoms with van der Waals surface area (Å²) in [6, 6.07) is 1.79. The predicted octanol–water partition coefficient (Wildman–Crippen LogP) is 3.23. The fourth-order valence-electron chi connectivity index (χ4n) is 5.56. The highest BCUT2D eigenvalue weighted by Crippen LogP contribution is 2.40. The number of rotatable bonds is 6. The van der Waals surface area contributed by atoms with Gasteiger partial charge in [-0.2, -0.15) is 5.10 Å². The van der Waals surface area contributed by atoms with E-state index in [4.69, 9.17) is 0 Å². The van der Waals surface area contributed by atoms with E-state index in [-0.39, 0.29) is 23.9 Å². The molecule has 0 radical (unpaired) electrons. The van der Waals surface area contributed by atoms with Crippen LogP contribution < -0.4 is 5.56 Å². The Morgan fingerprint density at radius 3 is 2.73 bits per heavy atom. The minimum atomic E-state index is -1.12. The highest BCUT2D eigenvalue weighted by molar-refractivity contribution is 5.78. The lowest BCUT2D eigenvalue weighted by Gasteiger charge is -2.51. The summed E-state index contributed by atoms with van der Waals surface area (Å²) in [5, 5.41) is 18.5. The molecule has 2 atom stereocenters. The normalized spacial score (nSPS) is 24.5. The van der Waals surface area contributed by atoms with Crippen LogP contribution in [-0.2, 0) is 11.3 Å². The van der Waals surface area contributed by atoms with Crippen LogP contribution in [0.15, 0.2) is 29.5 Å². The summed E-state index contributed by atoms with van der Waals surface area (Å²) >= 11 is 0. The number of H-pyrrole nitrogens is 1. The van der Waals surface area contributed by atoms with Crippen molar-refractivity contribution in [3.63, 3.8) is 0 Å². The molecular formula is C25H37N5O3. The highest BCUT2D eigenvalue weighted by Gasteiger charge is 2.49. The van der Waals surface area contributed by atoms with Gasteiger partial charge in [0.2, 0.25) is 5.91 Å². The molecule has 8 nitrogen and oxygen atoms in total. The van der Waals surface area contributed by atoms with Crippen LogP contribution in [0.5, 0.6) is 0 Å². The van der Waals surface area contributed by atoms with Crippen LogP contribution in [0.2, 0.25) is 0 Å². The first-order valence-electron chi connectivity index (χ1n) is 12.3. The molecule has 0 aromatic carbocycles. The quantitative estimate of drug-likeness (QED) is 0.696. The number of aromatic amines is 1. The van der Waals surface area contributed by atoms with Crippen molar-refractivity contribution in [2.45, 2.75) is 77.9 Å². The van der Waals surface area contributed by atoms with Crippen molar-refractivity contribution in [1.82, 2.24) is 24.6 Å². The Kier molecular flexibility index (Phi) is 6.75. The maximum Gasteiger partial charge on any atom is 0.269 e. The van der Waals surface area contributed by atoms with E-state index < -0.39 is 11.0 Å². The van der Waals surface area contributed by atoms with Crippen molar-refractivity contribution >= 4 is 5.91 Å². The number of hydrogen-bond donors (Lipinski definition) is 2. The standard InChI is InChI=1S/C25H37N5O3/c1-18(13-19-7-5-4-6-8-19)23(32)29-12-10-25(33,24(2,3)16-29)17-30-15-21(26-14-22(30)31)20-9-11-27-28-20/h9,11,14-15,18-19,33H,4-8,10,12-13,16-17H2,1-3H3,(H,27,28)/t18-,25?/m1/s1. The van der Waals surface area contributed by atoms with E-state index in [1.807, 2.05) is 18.7 Å². The van der Waals surface area contributed by atoms with Crippen LogP contribution in [-0.4, -0.2) is 54.4 Å². The van der Waals surface area contributed by atoms with Gasteiger partial charge in [0.15, 0.2) is 0 Å². The van der Waals surface area contributed by atoms with Gasteiger partial charge in [-0.25, -0.2) is 4.98 Å². The van der Waals surface area contributed by atoms with Crippen molar-refractivity contribution in [1.29, 1.82) is 0 Å². The number of piperidine rings is 1. The molecule has 2 aromatic heterocycles. The maximum absolute atomic E-state index is 13.2. The number of nitrogens with zero attached hydrogens (tertiary/aromatic N) is 4. The highest BCUT2D eigenvalue weighted by atomic mass is 16.3. The first-order valence-corrected chi connectivity index (χ1v) is 12.3. The number of amides is 1. The smallest absolute Gasteiger partial charge is 0.269 e. The van der Waals surface area contributed by atoms with Gasteiger partial charge in [-0.1, -0.05) is 52.9 Å². The van der Waals surface area contributed by atoms with Crippen LogP contribution in [0.4, 0.5) is 0 Å². The zero-order valence-corrected chi connectivity index (χ0v) is 20.1. The van der Waals surface area contributed by atoms with Crippen LogP contribution in [0.3, 0.4) is 0 Å². The van der Waals surface area contributed by atoms with Crippen molar-refractivity contribution in [2.75, 3.05) is 13.1 Å². The van der Waals surface area contributed by atoms with Gasteiger partial charge in [0.05, 0.1) is 24.0 Å². The molecule has 1 unspecified atom stereocenters. The van der Waals surface area contributed by atoms with Gasteiger partial charge in [-0.15, -0.1) is 0 Å². The summed E-state index contributed by atoms with van der Waals surface area (Å²) in [6.07, 6.45) is 12.3. The third-order valence-corrected chi connectivity index (χ3v) is 7.87. The minimum absolute atomic E-state index is 0.00914. The van der Waals surface area contributed by atoms with E-state index in [2.05, 4.69) is 22.1 Å². The topological polar surface area (TPSA) is 104 Å². The summed E-state index contributed by atoms with van der Waals surface area (Å²) in [5.74, 6) is 0.864. The Hall–Kier alpha value is -2.48. The Bertz CT molecular complexity index is 1010. The average molecular weight is 456 g/mol. The third-order valence-electron chi connectivity index (χ3n) is 7.87. The molecule has 0 spiro atoms. The maximum atomic E-state index is 13.2. The van der Waals surface area contributed by atoms with Crippen LogP contribution >= 0.6 is 0 Å². The second-order valence-electron chi connectivity index (χ2n) is 10.8. The van der Waals surface area contributed by atoms with E-state index in [0.29, 0.717) is 36.8 Å². The lowest BCUT2D eigenvalue weighted by atomic mass is 9.69. The monoisotopic (exact) mass is 455 g/mol. The molecule has 8 heteroatoms. The molecule has 3 heterocycles. The lowest BCUT2D eigenvalue weighted by molar-refractivity contribution is -0.157. The largest absolute Gasteiger partial charge is 0.387 e. The lowest BCUT2D eigenvalue weighted by Crippen LogP contribution is -2.61. The molecule has 2 aliphatic rings. The Morgan fingerprint density at radius 2 is 2.06 bits per heavy atom. The first-order chi connectivity index (χ1) is 15.7. The zero-order valence-electron chi connectivity index (χ0n) is 20.1. The summed E-state index contributed by atoms with van der Waals surface area (Å²) in [6.45, 7) is 7.16. The number of carbonyl (C=O) groups excluding carboxylic acids is 1. The van der Waals surface area contributed by atoms with Crippen molar-refractivity contribution < 1.29 is 9.90 Å². The van der Waals surface area contributed by atoms with Crippen LogP contribution in [0, 0.1) is 17.3 Å². The molecule has 1 amide bonds. The minimum Gasteiger partial charge on any atom is -0.387 e. The Morgan fingerprint density at radius 1 is 1.30 bits per heavy atom. The van der Waals surface area contributed by atoms with Gasteiger partial charge in [-0.05, 0) is 24.8 Å². The van der Waals surface area contributed by atoms with Crippen LogP contribution in [0.1, 0.15) is 65.7 Å². The molecule has 4 rings (SSSR count). The van der Waals surface area contributed by atoms with E-state index in [9.17, 15) is 14.7 Å². The number of likely N-dealkylation sites (tertiary alicyclic amines) is 1. The number of aromatic nitrogens is 4. The van der Waals surface area contributed by atoms with E-state index in [1.165, 1.54) is 42.9 Å². The number of aliphatic hydroxyl groups is 1. The summed E-state index contributed by atoms with van der Waals surface area (Å²) < 4.78 is 1.52. The molecule has 2 fully saturated rings. The van der Waals surface area contributed by atoms with Crippen molar-refractivity contribution in [3.8, 4) is 11.4 Å². The number of nitrogens with one attached hydrogen (secondary N) is 1. The van der Waals surface area contributed by atoms with E-state index in [1.54, 1.807) is 18.5 Å². The van der Waals surface area contributed by atoms with Gasteiger partial charge in [0.1, 0.15) is 5.69 Å². The molecule has 0 bridgehead atoms. The van der Waals surface area contributed by atoms with Gasteiger partial charge >= 0.3 is 0 Å². The van der Waals surface area contributed by atoms with E-state index in [0.717, 1.165) is 6.42 Å². The molecular weight excluding hydrogens is 418 g/mol. The predicted molar refractivity (Wildman–Crippen MR) is 126 cm³/mol. The molecule has 1 aliphatic heterocycles. The van der Waals surface area contributed by atoms with Crippen LogP contribution in [0.25, 0.3) is 11.4 Å². The third kappa shape index (κ3) is 5.05. The summed E-state index contributed by atoms with van der Waals surface area (Å²) in [4.78, 5) is 31.9. The first kappa shape index (κ1) is 23.7. The molecule has 1 aliphatic carbocycles. The molecule has 33 heavy (non-hydrogen) atoms.